The number of methoxy groups -OCH3 is 1. The molecule has 2 amide bonds. The number of thioether (sulfide) groups is 1. The topological polar surface area (TPSA) is 71.0 Å². The van der Waals surface area contributed by atoms with Crippen molar-refractivity contribution in [2.24, 2.45) is 4.99 Å². The Morgan fingerprint density at radius 3 is 2.83 bits per heavy atom. The lowest BCUT2D eigenvalue weighted by Crippen LogP contribution is -2.33. The third-order valence-corrected chi connectivity index (χ3v) is 5.80. The maximum Gasteiger partial charge on any atom is 0.242 e. The van der Waals surface area contributed by atoms with Crippen LogP contribution < -0.4 is 10.1 Å². The van der Waals surface area contributed by atoms with Crippen LogP contribution >= 0.6 is 11.8 Å². The molecule has 1 aliphatic heterocycles. The van der Waals surface area contributed by atoms with E-state index in [1.807, 2.05) is 36.4 Å². The van der Waals surface area contributed by atoms with Gasteiger partial charge in [0.25, 0.3) is 0 Å². The minimum Gasteiger partial charge on any atom is -0.495 e. The molecular formula is C23H25N3O3S. The lowest BCUT2D eigenvalue weighted by atomic mass is 10.1. The maximum absolute atomic E-state index is 12.9. The number of anilines is 1. The van der Waals surface area contributed by atoms with Crippen molar-refractivity contribution in [2.45, 2.75) is 25.0 Å². The summed E-state index contributed by atoms with van der Waals surface area (Å²) in [6.45, 7) is 6.17. The van der Waals surface area contributed by atoms with E-state index in [9.17, 15) is 9.59 Å². The maximum atomic E-state index is 12.9. The molecule has 3 rings (SSSR count). The molecule has 2 aromatic carbocycles. The Bertz CT molecular complexity index is 974. The first-order valence-corrected chi connectivity index (χ1v) is 10.6. The van der Waals surface area contributed by atoms with Crippen LogP contribution in [0.2, 0.25) is 0 Å². The number of nitrogens with zero attached hydrogens (tertiary/aromatic N) is 2. The Morgan fingerprint density at radius 2 is 2.10 bits per heavy atom. The van der Waals surface area contributed by atoms with Crippen molar-refractivity contribution in [3.63, 3.8) is 0 Å². The first-order chi connectivity index (χ1) is 14.5. The van der Waals surface area contributed by atoms with Gasteiger partial charge in [-0.2, -0.15) is 0 Å². The van der Waals surface area contributed by atoms with Crippen molar-refractivity contribution in [1.82, 2.24) is 4.90 Å². The fourth-order valence-corrected chi connectivity index (χ4v) is 4.26. The molecule has 0 saturated carbocycles. The Morgan fingerprint density at radius 1 is 1.30 bits per heavy atom. The predicted molar refractivity (Wildman–Crippen MR) is 122 cm³/mol. The van der Waals surface area contributed by atoms with Crippen molar-refractivity contribution in [1.29, 1.82) is 0 Å². The summed E-state index contributed by atoms with van der Waals surface area (Å²) in [7, 11) is 1.55. The lowest BCUT2D eigenvalue weighted by molar-refractivity contribution is -0.127. The zero-order chi connectivity index (χ0) is 21.5. The van der Waals surface area contributed by atoms with E-state index in [0.29, 0.717) is 23.1 Å². The third-order valence-electron chi connectivity index (χ3n) is 4.63. The normalized spacial score (nSPS) is 17.3. The second-order valence-electron chi connectivity index (χ2n) is 6.71. The van der Waals surface area contributed by atoms with Gasteiger partial charge in [0.15, 0.2) is 5.17 Å². The molecule has 0 bridgehead atoms. The Labute approximate surface area is 181 Å². The van der Waals surface area contributed by atoms with Gasteiger partial charge < -0.3 is 10.1 Å². The van der Waals surface area contributed by atoms with Crippen LogP contribution in [-0.4, -0.2) is 40.8 Å². The first kappa shape index (κ1) is 21.6. The molecule has 1 heterocycles. The van der Waals surface area contributed by atoms with E-state index >= 15 is 0 Å². The van der Waals surface area contributed by atoms with E-state index in [1.54, 1.807) is 30.2 Å². The summed E-state index contributed by atoms with van der Waals surface area (Å²) in [6.07, 6.45) is 2.61. The number of hydrogen-bond acceptors (Lipinski definition) is 5. The van der Waals surface area contributed by atoms with Gasteiger partial charge >= 0.3 is 0 Å². The van der Waals surface area contributed by atoms with Gasteiger partial charge in [-0.15, -0.1) is 6.58 Å². The zero-order valence-electron chi connectivity index (χ0n) is 17.1. The molecular weight excluding hydrogens is 398 g/mol. The molecule has 0 aliphatic carbocycles. The third kappa shape index (κ3) is 5.10. The van der Waals surface area contributed by atoms with Crippen LogP contribution in [0.4, 0.5) is 11.4 Å². The number of amidine groups is 1. The first-order valence-electron chi connectivity index (χ1n) is 9.75. The Balaban J connectivity index is 1.75. The minimum atomic E-state index is -0.534. The number of amides is 2. The van der Waals surface area contributed by atoms with E-state index < -0.39 is 5.25 Å². The SMILES string of the molecule is C=CCN1C(=O)[C@@H](CC(=O)Nc2ccccc2OC)SC1=Nc1cccc(CC)c1. The van der Waals surface area contributed by atoms with Crippen LogP contribution in [0.15, 0.2) is 66.2 Å². The summed E-state index contributed by atoms with van der Waals surface area (Å²) in [5, 5.41) is 2.88. The van der Waals surface area contributed by atoms with Crippen LogP contribution in [0, 0.1) is 0 Å². The molecule has 0 radical (unpaired) electrons. The minimum absolute atomic E-state index is 0.0449. The van der Waals surface area contributed by atoms with Crippen molar-refractivity contribution in [3.05, 3.63) is 66.7 Å². The molecule has 7 heteroatoms. The number of ether oxygens (including phenoxy) is 1. The van der Waals surface area contributed by atoms with Crippen molar-refractivity contribution >= 4 is 40.1 Å². The van der Waals surface area contributed by atoms with Gasteiger partial charge in [-0.1, -0.05) is 49.0 Å². The number of aryl methyl sites for hydroxylation is 1. The molecule has 1 saturated heterocycles. The van der Waals surface area contributed by atoms with Gasteiger partial charge in [0.1, 0.15) is 11.0 Å². The molecule has 0 spiro atoms. The molecule has 0 aromatic heterocycles. The van der Waals surface area contributed by atoms with Crippen molar-refractivity contribution in [2.75, 3.05) is 19.0 Å². The van der Waals surface area contributed by atoms with Crippen molar-refractivity contribution in [3.8, 4) is 5.75 Å². The zero-order valence-corrected chi connectivity index (χ0v) is 17.9. The second kappa shape index (κ2) is 10.1. The number of rotatable bonds is 8. The number of benzene rings is 2. The smallest absolute Gasteiger partial charge is 0.242 e. The number of para-hydroxylation sites is 2. The highest BCUT2D eigenvalue weighted by atomic mass is 32.2. The van der Waals surface area contributed by atoms with E-state index in [2.05, 4.69) is 23.8 Å². The van der Waals surface area contributed by atoms with E-state index in [4.69, 9.17) is 4.74 Å². The Hall–Kier alpha value is -3.06. The van der Waals surface area contributed by atoms with Crippen LogP contribution in [0.3, 0.4) is 0 Å². The summed E-state index contributed by atoms with van der Waals surface area (Å²) in [4.78, 5) is 31.7. The molecule has 6 nitrogen and oxygen atoms in total. The highest BCUT2D eigenvalue weighted by molar-refractivity contribution is 8.15. The summed E-state index contributed by atoms with van der Waals surface area (Å²) in [5.41, 5.74) is 2.54. The van der Waals surface area contributed by atoms with Crippen LogP contribution in [0.25, 0.3) is 0 Å². The summed E-state index contributed by atoms with van der Waals surface area (Å²) in [6, 6.07) is 15.1. The summed E-state index contributed by atoms with van der Waals surface area (Å²) < 4.78 is 5.26. The standard InChI is InChI=1S/C23H25N3O3S/c1-4-13-26-22(28)20(15-21(27)25-18-11-6-7-12-19(18)29-3)30-23(26)24-17-10-8-9-16(5-2)14-17/h4,6-12,14,20H,1,5,13,15H2,2-3H3,(H,25,27)/t20-/m1/s1. The number of nitrogens with one attached hydrogen (secondary N) is 1. The number of carbonyl (C=O) groups excluding carboxylic acids is 2. The van der Waals surface area contributed by atoms with E-state index in [-0.39, 0.29) is 18.2 Å². The van der Waals surface area contributed by atoms with Gasteiger partial charge in [-0.25, -0.2) is 4.99 Å². The molecule has 1 N–H and O–H groups in total. The molecule has 156 valence electrons. The summed E-state index contributed by atoms with van der Waals surface area (Å²) >= 11 is 1.31. The fraction of sp³-hybridized carbons (Fsp3) is 0.261. The molecule has 1 fully saturated rings. The molecule has 2 aromatic rings. The highest BCUT2D eigenvalue weighted by Gasteiger charge is 2.38. The number of hydrogen-bond donors (Lipinski definition) is 1. The lowest BCUT2D eigenvalue weighted by Gasteiger charge is -2.14. The number of carbonyl (C=O) groups is 2. The monoisotopic (exact) mass is 423 g/mol. The highest BCUT2D eigenvalue weighted by Crippen LogP contribution is 2.32. The number of aliphatic imine (C=N–C) groups is 1. The van der Waals surface area contributed by atoms with Gasteiger partial charge in [0.2, 0.25) is 11.8 Å². The molecule has 30 heavy (non-hydrogen) atoms. The van der Waals surface area contributed by atoms with E-state index in [0.717, 1.165) is 12.1 Å². The second-order valence-corrected chi connectivity index (χ2v) is 7.88. The Kier molecular flexibility index (Phi) is 7.30. The van der Waals surface area contributed by atoms with Crippen LogP contribution in [-0.2, 0) is 16.0 Å². The predicted octanol–water partition coefficient (Wildman–Crippen LogP) is 4.40. The fourth-order valence-electron chi connectivity index (χ4n) is 3.10. The van der Waals surface area contributed by atoms with Gasteiger partial charge in [0.05, 0.1) is 18.5 Å². The molecule has 0 unspecified atom stereocenters. The molecule has 1 atom stereocenters. The molecule has 1 aliphatic rings. The van der Waals surface area contributed by atoms with Gasteiger partial charge in [0, 0.05) is 13.0 Å². The van der Waals surface area contributed by atoms with Crippen LogP contribution in [0.1, 0.15) is 18.9 Å². The van der Waals surface area contributed by atoms with Gasteiger partial charge in [-0.05, 0) is 36.2 Å². The average molecular weight is 424 g/mol. The average Bonchev–Trinajstić information content (AvgIpc) is 3.03. The summed E-state index contributed by atoms with van der Waals surface area (Å²) in [5.74, 6) is 0.182. The van der Waals surface area contributed by atoms with Crippen molar-refractivity contribution < 1.29 is 14.3 Å². The van der Waals surface area contributed by atoms with E-state index in [1.165, 1.54) is 17.3 Å². The largest absolute Gasteiger partial charge is 0.495 e. The quantitative estimate of drug-likeness (QED) is 0.639. The van der Waals surface area contributed by atoms with Gasteiger partial charge in [-0.3, -0.25) is 14.5 Å². The van der Waals surface area contributed by atoms with Crippen LogP contribution in [0.5, 0.6) is 5.75 Å².